The Hall–Kier alpha value is -3.58. The van der Waals surface area contributed by atoms with Crippen molar-refractivity contribution in [3.63, 3.8) is 0 Å². The molecule has 1 aromatic heterocycles. The summed E-state index contributed by atoms with van der Waals surface area (Å²) < 4.78 is 5.46. The van der Waals surface area contributed by atoms with Crippen molar-refractivity contribution in [1.29, 1.82) is 0 Å². The van der Waals surface area contributed by atoms with E-state index in [0.717, 1.165) is 0 Å². The number of anilines is 2. The Morgan fingerprint density at radius 3 is 2.58 bits per heavy atom. The third-order valence-corrected chi connectivity index (χ3v) is 5.99. The third kappa shape index (κ3) is 3.00. The second-order valence-electron chi connectivity index (χ2n) is 7.49. The summed E-state index contributed by atoms with van der Waals surface area (Å²) >= 11 is 5.95. The highest BCUT2D eigenvalue weighted by Crippen LogP contribution is 2.45. The van der Waals surface area contributed by atoms with Gasteiger partial charge in [0.15, 0.2) is 0 Å². The van der Waals surface area contributed by atoms with Crippen molar-refractivity contribution < 1.29 is 18.8 Å². The van der Waals surface area contributed by atoms with E-state index < -0.39 is 11.6 Å². The van der Waals surface area contributed by atoms with Gasteiger partial charge in [0, 0.05) is 23.6 Å². The van der Waals surface area contributed by atoms with Crippen LogP contribution in [0.15, 0.2) is 71.3 Å². The number of fused-ring (bicyclic) bond motifs is 3. The number of hydrogen-bond acceptors (Lipinski definition) is 4. The molecule has 0 saturated carbocycles. The maximum Gasteiger partial charge on any atom is 0.271 e. The lowest BCUT2D eigenvalue weighted by Crippen LogP contribution is -2.69. The molecule has 2 aromatic carbocycles. The fraction of sp³-hybridized carbons (Fsp3) is 0.174. The second-order valence-corrected chi connectivity index (χ2v) is 7.93. The summed E-state index contributed by atoms with van der Waals surface area (Å²) in [5.41, 5.74) is -0.168. The molecule has 7 nitrogen and oxygen atoms in total. The number of nitrogens with zero attached hydrogens (tertiary/aromatic N) is 2. The van der Waals surface area contributed by atoms with Crippen molar-refractivity contribution in [2.75, 3.05) is 10.2 Å². The fourth-order valence-electron chi connectivity index (χ4n) is 4.33. The van der Waals surface area contributed by atoms with E-state index in [9.17, 15) is 14.4 Å². The topological polar surface area (TPSA) is 82.9 Å². The first-order chi connectivity index (χ1) is 15.0. The first-order valence-corrected chi connectivity index (χ1v) is 10.2. The number of carbonyl (C=O) groups excluding carboxylic acids is 3. The van der Waals surface area contributed by atoms with Gasteiger partial charge in [-0.05, 0) is 48.5 Å². The maximum atomic E-state index is 13.7. The molecule has 0 spiro atoms. The summed E-state index contributed by atoms with van der Waals surface area (Å²) in [5, 5.41) is 3.40. The average molecular weight is 436 g/mol. The van der Waals surface area contributed by atoms with E-state index in [1.165, 1.54) is 16.1 Å². The SMILES string of the molecule is O=C1c2ccccc2N2C(=O)CC[C@]2(C(=O)Nc2ccc(Cl)cc2)N1Cc1ccco1. The molecule has 0 bridgehead atoms. The Morgan fingerprint density at radius 1 is 1.06 bits per heavy atom. The Balaban J connectivity index is 1.64. The standard InChI is InChI=1S/C23H18ClN3O4/c24-15-7-9-16(10-8-15)25-22(30)23-12-11-20(28)27(23)19-6-2-1-5-18(19)21(29)26(23)14-17-4-3-13-31-17/h1-10,13H,11-12,14H2,(H,25,30)/t23-/m0/s1. The van der Waals surface area contributed by atoms with E-state index >= 15 is 0 Å². The van der Waals surface area contributed by atoms with Gasteiger partial charge in [-0.1, -0.05) is 23.7 Å². The average Bonchev–Trinajstić information content (AvgIpc) is 3.41. The molecule has 1 N–H and O–H groups in total. The molecule has 0 unspecified atom stereocenters. The molecule has 2 aliphatic rings. The minimum Gasteiger partial charge on any atom is -0.467 e. The van der Waals surface area contributed by atoms with Crippen LogP contribution >= 0.6 is 11.6 Å². The Kier molecular flexibility index (Phi) is 4.55. The van der Waals surface area contributed by atoms with Gasteiger partial charge in [-0.3, -0.25) is 24.2 Å². The van der Waals surface area contributed by atoms with Crippen LogP contribution < -0.4 is 10.2 Å². The zero-order valence-electron chi connectivity index (χ0n) is 16.4. The number of furan rings is 1. The molecule has 0 radical (unpaired) electrons. The fourth-order valence-corrected chi connectivity index (χ4v) is 4.45. The lowest BCUT2D eigenvalue weighted by atomic mass is 9.95. The number of rotatable bonds is 4. The van der Waals surface area contributed by atoms with Crippen LogP contribution in [0.1, 0.15) is 29.0 Å². The number of nitrogens with one attached hydrogen (secondary N) is 1. The predicted molar refractivity (Wildman–Crippen MR) is 115 cm³/mol. The molecular weight excluding hydrogens is 418 g/mol. The smallest absolute Gasteiger partial charge is 0.271 e. The number of carbonyl (C=O) groups is 3. The Labute approximate surface area is 183 Å². The van der Waals surface area contributed by atoms with Crippen LogP contribution in [0, 0.1) is 0 Å². The second kappa shape index (κ2) is 7.28. The highest BCUT2D eigenvalue weighted by atomic mass is 35.5. The zero-order chi connectivity index (χ0) is 21.6. The summed E-state index contributed by atoms with van der Waals surface area (Å²) in [6, 6.07) is 17.0. The van der Waals surface area contributed by atoms with Crippen LogP contribution in [0.2, 0.25) is 5.02 Å². The summed E-state index contributed by atoms with van der Waals surface area (Å²) in [6.45, 7) is 0.0536. The van der Waals surface area contributed by atoms with Gasteiger partial charge in [0.1, 0.15) is 5.76 Å². The highest BCUT2D eigenvalue weighted by Gasteiger charge is 2.61. The van der Waals surface area contributed by atoms with Gasteiger partial charge in [0.05, 0.1) is 24.1 Å². The molecule has 1 fully saturated rings. The third-order valence-electron chi connectivity index (χ3n) is 5.73. The largest absolute Gasteiger partial charge is 0.467 e. The van der Waals surface area contributed by atoms with Crippen molar-refractivity contribution >= 4 is 40.7 Å². The lowest BCUT2D eigenvalue weighted by Gasteiger charge is -2.48. The summed E-state index contributed by atoms with van der Waals surface area (Å²) in [4.78, 5) is 43.2. The molecule has 3 amide bonds. The minimum atomic E-state index is -1.51. The summed E-state index contributed by atoms with van der Waals surface area (Å²) in [5.74, 6) is -0.486. The molecule has 1 saturated heterocycles. The van der Waals surface area contributed by atoms with E-state index in [-0.39, 0.29) is 31.2 Å². The van der Waals surface area contributed by atoms with Gasteiger partial charge in [-0.25, -0.2) is 0 Å². The number of benzene rings is 2. The van der Waals surface area contributed by atoms with Crippen molar-refractivity contribution in [3.05, 3.63) is 83.3 Å². The van der Waals surface area contributed by atoms with Gasteiger partial charge in [-0.2, -0.15) is 0 Å². The van der Waals surface area contributed by atoms with E-state index in [2.05, 4.69) is 5.32 Å². The predicted octanol–water partition coefficient (Wildman–Crippen LogP) is 4.05. The number of halogens is 1. The van der Waals surface area contributed by atoms with Gasteiger partial charge < -0.3 is 9.73 Å². The van der Waals surface area contributed by atoms with Crippen LogP contribution in [0.3, 0.4) is 0 Å². The van der Waals surface area contributed by atoms with Crippen molar-refractivity contribution in [2.24, 2.45) is 0 Å². The number of hydrogen-bond donors (Lipinski definition) is 1. The summed E-state index contributed by atoms with van der Waals surface area (Å²) in [6.07, 6.45) is 1.83. The first kappa shape index (κ1) is 19.4. The molecule has 156 valence electrons. The molecular formula is C23H18ClN3O4. The summed E-state index contributed by atoms with van der Waals surface area (Å²) in [7, 11) is 0. The van der Waals surface area contributed by atoms with Crippen molar-refractivity contribution in [2.45, 2.75) is 25.0 Å². The maximum absolute atomic E-state index is 13.7. The highest BCUT2D eigenvalue weighted by molar-refractivity contribution is 6.30. The monoisotopic (exact) mass is 435 g/mol. The first-order valence-electron chi connectivity index (χ1n) is 9.84. The molecule has 5 rings (SSSR count). The Morgan fingerprint density at radius 2 is 1.84 bits per heavy atom. The van der Waals surface area contributed by atoms with E-state index in [4.69, 9.17) is 16.0 Å². The van der Waals surface area contributed by atoms with Gasteiger partial charge in [0.25, 0.3) is 11.8 Å². The van der Waals surface area contributed by atoms with Crippen LogP contribution in [0.5, 0.6) is 0 Å². The molecule has 0 aliphatic carbocycles. The van der Waals surface area contributed by atoms with Gasteiger partial charge >= 0.3 is 0 Å². The van der Waals surface area contributed by atoms with Gasteiger partial charge in [-0.15, -0.1) is 0 Å². The molecule has 3 aromatic rings. The van der Waals surface area contributed by atoms with Crippen molar-refractivity contribution in [1.82, 2.24) is 4.90 Å². The van der Waals surface area contributed by atoms with E-state index in [1.807, 2.05) is 0 Å². The van der Waals surface area contributed by atoms with Crippen LogP contribution in [0.4, 0.5) is 11.4 Å². The number of para-hydroxylation sites is 1. The minimum absolute atomic E-state index is 0.0536. The number of amides is 3. The molecule has 2 aliphatic heterocycles. The van der Waals surface area contributed by atoms with Crippen LogP contribution in [-0.2, 0) is 16.1 Å². The van der Waals surface area contributed by atoms with Crippen LogP contribution in [-0.4, -0.2) is 28.3 Å². The van der Waals surface area contributed by atoms with Crippen LogP contribution in [0.25, 0.3) is 0 Å². The zero-order valence-corrected chi connectivity index (χ0v) is 17.1. The molecule has 31 heavy (non-hydrogen) atoms. The quantitative estimate of drug-likeness (QED) is 0.670. The van der Waals surface area contributed by atoms with E-state index in [0.29, 0.717) is 27.7 Å². The van der Waals surface area contributed by atoms with Crippen molar-refractivity contribution in [3.8, 4) is 0 Å². The lowest BCUT2D eigenvalue weighted by molar-refractivity contribution is -0.129. The molecule has 8 heteroatoms. The van der Waals surface area contributed by atoms with E-state index in [1.54, 1.807) is 60.7 Å². The molecule has 3 heterocycles. The molecule has 1 atom stereocenters. The normalized spacial score (nSPS) is 19.9. The Bertz CT molecular complexity index is 1180. The van der Waals surface area contributed by atoms with Gasteiger partial charge in [0.2, 0.25) is 11.6 Å².